The SMILES string of the molecule is O=CP(=O)(N(C1CCCCC1)C1CCCCC1)N(C1CCCCC1)C1CCCCC1. The lowest BCUT2D eigenvalue weighted by atomic mass is 9.90. The van der Waals surface area contributed by atoms with Crippen LogP contribution in [0.4, 0.5) is 0 Å². The summed E-state index contributed by atoms with van der Waals surface area (Å²) in [4.78, 5) is 12.9. The first-order chi connectivity index (χ1) is 14.7. The summed E-state index contributed by atoms with van der Waals surface area (Å²) in [6.07, 6.45) is 24.2. The fourth-order valence-electron chi connectivity index (χ4n) is 7.14. The van der Waals surface area contributed by atoms with Gasteiger partial charge in [-0.15, -0.1) is 0 Å². The van der Waals surface area contributed by atoms with Crippen LogP contribution in [0.25, 0.3) is 0 Å². The first kappa shape index (κ1) is 23.0. The van der Waals surface area contributed by atoms with Crippen LogP contribution in [0.2, 0.25) is 0 Å². The van der Waals surface area contributed by atoms with Crippen molar-refractivity contribution < 1.29 is 9.36 Å². The molecular weight excluding hydrogens is 391 g/mol. The molecule has 0 atom stereocenters. The van der Waals surface area contributed by atoms with Crippen molar-refractivity contribution in [1.82, 2.24) is 9.34 Å². The van der Waals surface area contributed by atoms with Crippen LogP contribution in [0.15, 0.2) is 0 Å². The zero-order valence-electron chi connectivity index (χ0n) is 19.2. The summed E-state index contributed by atoms with van der Waals surface area (Å²) in [5.41, 5.74) is 0. The van der Waals surface area contributed by atoms with Crippen molar-refractivity contribution in [3.05, 3.63) is 0 Å². The average Bonchev–Trinajstić information content (AvgIpc) is 2.82. The zero-order valence-corrected chi connectivity index (χ0v) is 20.1. The maximum absolute atomic E-state index is 15.1. The van der Waals surface area contributed by atoms with Gasteiger partial charge in [-0.2, -0.15) is 0 Å². The van der Waals surface area contributed by atoms with E-state index in [1.165, 1.54) is 77.0 Å². The summed E-state index contributed by atoms with van der Waals surface area (Å²) >= 11 is 0. The average molecular weight is 437 g/mol. The van der Waals surface area contributed by atoms with E-state index in [4.69, 9.17) is 0 Å². The lowest BCUT2D eigenvalue weighted by molar-refractivity contribution is 0.120. The molecule has 0 bridgehead atoms. The maximum atomic E-state index is 15.1. The summed E-state index contributed by atoms with van der Waals surface area (Å²) in [5.74, 6) is 0. The zero-order chi connectivity index (χ0) is 20.8. The maximum Gasteiger partial charge on any atom is 0.278 e. The fourth-order valence-corrected chi connectivity index (χ4v) is 10.4. The third-order valence-corrected chi connectivity index (χ3v) is 11.5. The quantitative estimate of drug-likeness (QED) is 0.310. The first-order valence-corrected chi connectivity index (χ1v) is 15.1. The van der Waals surface area contributed by atoms with Gasteiger partial charge in [-0.3, -0.25) is 9.36 Å². The first-order valence-electron chi connectivity index (χ1n) is 13.4. The second kappa shape index (κ2) is 11.1. The molecule has 172 valence electrons. The molecule has 4 nitrogen and oxygen atoms in total. The molecular formula is C25H45N2O2P. The normalized spacial score (nSPS) is 27.0. The third-order valence-electron chi connectivity index (χ3n) is 8.59. The third kappa shape index (κ3) is 5.07. The molecule has 30 heavy (non-hydrogen) atoms. The summed E-state index contributed by atoms with van der Waals surface area (Å²) in [7, 11) is -3.21. The largest absolute Gasteiger partial charge is 0.292 e. The number of nitrogens with zero attached hydrogens (tertiary/aromatic N) is 2. The molecule has 0 unspecified atom stereocenters. The van der Waals surface area contributed by atoms with Gasteiger partial charge in [0.15, 0.2) is 0 Å². The van der Waals surface area contributed by atoms with Gasteiger partial charge in [0.05, 0.1) is 0 Å². The van der Waals surface area contributed by atoms with E-state index < -0.39 is 7.44 Å². The van der Waals surface area contributed by atoms with Crippen LogP contribution >= 0.6 is 7.44 Å². The molecule has 0 aromatic heterocycles. The predicted octanol–water partition coefficient (Wildman–Crippen LogP) is 7.30. The highest BCUT2D eigenvalue weighted by atomic mass is 31.2. The number of rotatable bonds is 7. The molecule has 4 aliphatic carbocycles. The highest BCUT2D eigenvalue weighted by Gasteiger charge is 2.49. The van der Waals surface area contributed by atoms with Crippen LogP contribution in [-0.4, -0.2) is 39.5 Å². The molecule has 0 heterocycles. The topological polar surface area (TPSA) is 40.6 Å². The number of hydrogen-bond acceptors (Lipinski definition) is 2. The molecule has 0 radical (unpaired) electrons. The summed E-state index contributed by atoms with van der Waals surface area (Å²) in [5, 5.41) is 0. The predicted molar refractivity (Wildman–Crippen MR) is 126 cm³/mol. The Kier molecular flexibility index (Phi) is 8.51. The van der Waals surface area contributed by atoms with Crippen LogP contribution in [0, 0.1) is 0 Å². The minimum Gasteiger partial charge on any atom is -0.292 e. The molecule has 0 N–H and O–H groups in total. The number of hydrogen-bond donors (Lipinski definition) is 0. The van der Waals surface area contributed by atoms with Gasteiger partial charge in [0.1, 0.15) is 0 Å². The van der Waals surface area contributed by atoms with Gasteiger partial charge >= 0.3 is 0 Å². The van der Waals surface area contributed by atoms with Crippen molar-refractivity contribution in [2.24, 2.45) is 0 Å². The summed E-state index contributed by atoms with van der Waals surface area (Å²) in [6.45, 7) is 0. The highest BCUT2D eigenvalue weighted by Crippen LogP contribution is 2.60. The Hall–Kier alpha value is -0.180. The van der Waals surface area contributed by atoms with Crippen LogP contribution in [-0.2, 0) is 9.36 Å². The Morgan fingerprint density at radius 3 is 0.900 bits per heavy atom. The Labute approximate surface area is 185 Å². The van der Waals surface area contributed by atoms with Gasteiger partial charge < -0.3 is 0 Å². The Morgan fingerprint density at radius 1 is 0.467 bits per heavy atom. The van der Waals surface area contributed by atoms with Gasteiger partial charge in [0, 0.05) is 24.2 Å². The number of carbonyl (C=O) groups excluding carboxylic acids is 1. The van der Waals surface area contributed by atoms with E-state index in [0.29, 0.717) is 24.2 Å². The van der Waals surface area contributed by atoms with Crippen molar-refractivity contribution in [3.8, 4) is 0 Å². The fraction of sp³-hybridized carbons (Fsp3) is 0.960. The Morgan fingerprint density at radius 2 is 0.700 bits per heavy atom. The number of carbonyl (C=O) groups is 1. The van der Waals surface area contributed by atoms with Gasteiger partial charge in [0.25, 0.3) is 7.44 Å². The molecule has 4 saturated carbocycles. The van der Waals surface area contributed by atoms with Gasteiger partial charge in [-0.25, -0.2) is 9.34 Å². The monoisotopic (exact) mass is 436 g/mol. The van der Waals surface area contributed by atoms with E-state index in [-0.39, 0.29) is 0 Å². The lowest BCUT2D eigenvalue weighted by Crippen LogP contribution is -2.52. The summed E-state index contributed by atoms with van der Waals surface area (Å²) in [6, 6.07) is 2.39. The highest BCUT2D eigenvalue weighted by molar-refractivity contribution is 7.73. The van der Waals surface area contributed by atoms with E-state index in [1.807, 2.05) is 0 Å². The second-order valence-corrected chi connectivity index (χ2v) is 12.9. The molecule has 0 spiro atoms. The van der Waals surface area contributed by atoms with Crippen molar-refractivity contribution >= 4 is 13.5 Å². The van der Waals surface area contributed by atoms with Crippen LogP contribution < -0.4 is 0 Å². The summed E-state index contributed by atoms with van der Waals surface area (Å²) < 4.78 is 19.8. The van der Waals surface area contributed by atoms with Crippen molar-refractivity contribution in [1.29, 1.82) is 0 Å². The molecule has 0 aliphatic heterocycles. The van der Waals surface area contributed by atoms with Crippen LogP contribution in [0.1, 0.15) is 128 Å². The second-order valence-electron chi connectivity index (χ2n) is 10.6. The van der Waals surface area contributed by atoms with E-state index in [9.17, 15) is 4.79 Å². The standard InChI is InChI=1S/C25H45N2O2P/c28-21-30(29,26(22-13-5-1-6-14-22)23-15-7-2-8-16-23)27(24-17-9-3-10-18-24)25-19-11-4-12-20-25/h21-25H,1-20H2. The Bertz CT molecular complexity index is 494. The van der Waals surface area contributed by atoms with E-state index >= 15 is 4.57 Å². The molecule has 0 saturated heterocycles. The molecule has 0 aromatic rings. The van der Waals surface area contributed by atoms with Gasteiger partial charge in [0.2, 0.25) is 6.03 Å². The van der Waals surface area contributed by atoms with Crippen LogP contribution in [0.5, 0.6) is 0 Å². The molecule has 4 rings (SSSR count). The molecule has 4 fully saturated rings. The molecule has 0 aromatic carbocycles. The van der Waals surface area contributed by atoms with Crippen molar-refractivity contribution in [3.63, 3.8) is 0 Å². The van der Waals surface area contributed by atoms with Crippen molar-refractivity contribution in [2.45, 2.75) is 153 Å². The smallest absolute Gasteiger partial charge is 0.278 e. The van der Waals surface area contributed by atoms with Crippen LogP contribution in [0.3, 0.4) is 0 Å². The molecule has 5 heteroatoms. The minimum atomic E-state index is -3.21. The lowest BCUT2D eigenvalue weighted by Gasteiger charge is -2.51. The molecule has 4 aliphatic rings. The van der Waals surface area contributed by atoms with E-state index in [2.05, 4.69) is 9.34 Å². The van der Waals surface area contributed by atoms with E-state index in [1.54, 1.807) is 0 Å². The Balaban J connectivity index is 1.69. The van der Waals surface area contributed by atoms with Gasteiger partial charge in [-0.05, 0) is 51.4 Å². The van der Waals surface area contributed by atoms with Crippen molar-refractivity contribution in [2.75, 3.05) is 0 Å². The molecule has 0 amide bonds. The van der Waals surface area contributed by atoms with E-state index in [0.717, 1.165) is 57.4 Å². The minimum absolute atomic E-state index is 0.354. The van der Waals surface area contributed by atoms with Gasteiger partial charge in [-0.1, -0.05) is 77.0 Å².